The van der Waals surface area contributed by atoms with Gasteiger partial charge in [0.25, 0.3) is 0 Å². The number of amides is 1. The first kappa shape index (κ1) is 15.5. The Labute approximate surface area is 135 Å². The number of hydrogen-bond acceptors (Lipinski definition) is 5. The molecule has 7 heteroatoms. The molecule has 2 aromatic heterocycles. The van der Waals surface area contributed by atoms with E-state index in [2.05, 4.69) is 15.4 Å². The lowest BCUT2D eigenvalue weighted by molar-refractivity contribution is -0.127. The first-order valence-electron chi connectivity index (χ1n) is 7.57. The van der Waals surface area contributed by atoms with Gasteiger partial charge in [-0.25, -0.2) is 4.98 Å². The van der Waals surface area contributed by atoms with Crippen molar-refractivity contribution in [2.75, 3.05) is 14.2 Å². The Hall–Kier alpha value is -2.41. The van der Waals surface area contributed by atoms with Gasteiger partial charge in [-0.15, -0.1) is 0 Å². The molecular formula is C16H21N5O2. The van der Waals surface area contributed by atoms with Crippen LogP contribution in [0.25, 0.3) is 0 Å². The van der Waals surface area contributed by atoms with E-state index in [9.17, 15) is 4.79 Å². The van der Waals surface area contributed by atoms with E-state index in [0.717, 1.165) is 11.4 Å². The molecule has 0 saturated carbocycles. The average Bonchev–Trinajstić information content (AvgIpc) is 3.09. The summed E-state index contributed by atoms with van der Waals surface area (Å²) in [6, 6.07) is 7.62. The van der Waals surface area contributed by atoms with E-state index in [0.29, 0.717) is 18.8 Å². The molecule has 0 aromatic carbocycles. The third-order valence-corrected chi connectivity index (χ3v) is 4.28. The Kier molecular flexibility index (Phi) is 4.29. The number of aryl methyl sites for hydroxylation is 1. The van der Waals surface area contributed by atoms with Crippen molar-refractivity contribution in [1.29, 1.82) is 0 Å². The minimum absolute atomic E-state index is 0.0240. The number of carbonyl (C=O) groups excluding carboxylic acids is 1. The summed E-state index contributed by atoms with van der Waals surface area (Å²) in [6.07, 6.45) is 2.23. The smallest absolute Gasteiger partial charge is 0.224 e. The molecule has 2 aromatic rings. The topological polar surface area (TPSA) is 72.3 Å². The standard InChI is InChI=1S/C16H21N5O2/c1-20-15(22)9-12(16(20)13-7-8-18-21(13)2)17-10-11-5-4-6-14(19-11)23-3/h4-8,12,16-17H,9-10H2,1-3H3/t12-,16-/m1/s1. The molecule has 7 nitrogen and oxygen atoms in total. The predicted octanol–water partition coefficient (Wildman–Crippen LogP) is 0.885. The molecule has 0 bridgehead atoms. The number of likely N-dealkylation sites (tertiary alicyclic amines) is 1. The number of pyridine rings is 1. The molecule has 0 unspecified atom stereocenters. The number of nitrogens with zero attached hydrogens (tertiary/aromatic N) is 4. The van der Waals surface area contributed by atoms with Crippen molar-refractivity contribution in [3.8, 4) is 5.88 Å². The van der Waals surface area contributed by atoms with Crippen LogP contribution in [0.2, 0.25) is 0 Å². The molecule has 122 valence electrons. The number of likely N-dealkylation sites (N-methyl/N-ethyl adjacent to an activating group) is 1. The monoisotopic (exact) mass is 315 g/mol. The van der Waals surface area contributed by atoms with Crippen LogP contribution in [0.5, 0.6) is 5.88 Å². The number of nitrogens with one attached hydrogen (secondary N) is 1. The second-order valence-electron chi connectivity index (χ2n) is 5.69. The summed E-state index contributed by atoms with van der Waals surface area (Å²) in [4.78, 5) is 18.3. The van der Waals surface area contributed by atoms with Gasteiger partial charge in [0, 0.05) is 45.4 Å². The van der Waals surface area contributed by atoms with E-state index in [4.69, 9.17) is 4.74 Å². The molecule has 3 rings (SSSR count). The number of rotatable bonds is 5. The Morgan fingerprint density at radius 2 is 2.17 bits per heavy atom. The molecule has 1 aliphatic heterocycles. The van der Waals surface area contributed by atoms with Gasteiger partial charge in [0.15, 0.2) is 0 Å². The summed E-state index contributed by atoms with van der Waals surface area (Å²) in [5.74, 6) is 0.722. The third kappa shape index (κ3) is 3.05. The molecule has 1 amide bonds. The normalized spacial score (nSPS) is 21.0. The lowest BCUT2D eigenvalue weighted by atomic mass is 10.1. The molecule has 0 aliphatic carbocycles. The molecular weight excluding hydrogens is 294 g/mol. The quantitative estimate of drug-likeness (QED) is 0.887. The van der Waals surface area contributed by atoms with Gasteiger partial charge >= 0.3 is 0 Å². The van der Waals surface area contributed by atoms with Crippen molar-refractivity contribution in [3.05, 3.63) is 41.9 Å². The van der Waals surface area contributed by atoms with Crippen molar-refractivity contribution < 1.29 is 9.53 Å². The second-order valence-corrected chi connectivity index (χ2v) is 5.69. The minimum atomic E-state index is -0.0272. The maximum Gasteiger partial charge on any atom is 0.224 e. The van der Waals surface area contributed by atoms with Gasteiger partial charge in [-0.2, -0.15) is 5.10 Å². The largest absolute Gasteiger partial charge is 0.481 e. The maximum absolute atomic E-state index is 12.1. The first-order valence-corrected chi connectivity index (χ1v) is 7.57. The molecule has 2 atom stereocenters. The third-order valence-electron chi connectivity index (χ3n) is 4.28. The Balaban J connectivity index is 1.75. The van der Waals surface area contributed by atoms with Crippen LogP contribution in [0.4, 0.5) is 0 Å². The zero-order valence-electron chi connectivity index (χ0n) is 13.6. The van der Waals surface area contributed by atoms with E-state index >= 15 is 0 Å². The lowest BCUT2D eigenvalue weighted by Crippen LogP contribution is -2.36. The van der Waals surface area contributed by atoms with E-state index in [1.807, 2.05) is 43.0 Å². The van der Waals surface area contributed by atoms with E-state index in [1.165, 1.54) is 0 Å². The highest BCUT2D eigenvalue weighted by molar-refractivity contribution is 5.80. The van der Waals surface area contributed by atoms with Crippen molar-refractivity contribution in [3.63, 3.8) is 0 Å². The Bertz CT molecular complexity index is 699. The highest BCUT2D eigenvalue weighted by Crippen LogP contribution is 2.31. The first-order chi connectivity index (χ1) is 11.1. The van der Waals surface area contributed by atoms with Gasteiger partial charge in [0.05, 0.1) is 24.5 Å². The van der Waals surface area contributed by atoms with Crippen molar-refractivity contribution >= 4 is 5.91 Å². The fraction of sp³-hybridized carbons (Fsp3) is 0.438. The van der Waals surface area contributed by atoms with Crippen molar-refractivity contribution in [2.24, 2.45) is 7.05 Å². The fourth-order valence-corrected chi connectivity index (χ4v) is 3.04. The molecule has 0 spiro atoms. The Morgan fingerprint density at radius 3 is 2.87 bits per heavy atom. The van der Waals surface area contributed by atoms with Gasteiger partial charge in [0.2, 0.25) is 11.8 Å². The lowest BCUT2D eigenvalue weighted by Gasteiger charge is -2.25. The highest BCUT2D eigenvalue weighted by atomic mass is 16.5. The molecule has 3 heterocycles. The van der Waals surface area contributed by atoms with Crippen LogP contribution in [0, 0.1) is 0 Å². The molecule has 1 saturated heterocycles. The van der Waals surface area contributed by atoms with Crippen LogP contribution >= 0.6 is 0 Å². The van der Waals surface area contributed by atoms with Gasteiger partial charge in [-0.05, 0) is 12.1 Å². The summed E-state index contributed by atoms with van der Waals surface area (Å²) >= 11 is 0. The molecule has 23 heavy (non-hydrogen) atoms. The van der Waals surface area contributed by atoms with Crippen LogP contribution < -0.4 is 10.1 Å². The van der Waals surface area contributed by atoms with Gasteiger partial charge in [-0.1, -0.05) is 6.07 Å². The number of ether oxygens (including phenoxy) is 1. The highest BCUT2D eigenvalue weighted by Gasteiger charge is 2.39. The van der Waals surface area contributed by atoms with Crippen molar-refractivity contribution in [2.45, 2.75) is 25.0 Å². The number of carbonyl (C=O) groups is 1. The van der Waals surface area contributed by atoms with Crippen molar-refractivity contribution in [1.82, 2.24) is 25.0 Å². The summed E-state index contributed by atoms with van der Waals surface area (Å²) in [5, 5.41) is 7.67. The number of hydrogen-bond donors (Lipinski definition) is 1. The number of aromatic nitrogens is 3. The molecule has 1 aliphatic rings. The van der Waals surface area contributed by atoms with Crippen LogP contribution in [-0.2, 0) is 18.4 Å². The van der Waals surface area contributed by atoms with E-state index < -0.39 is 0 Å². The van der Waals surface area contributed by atoms with Crippen LogP contribution in [0.3, 0.4) is 0 Å². The zero-order chi connectivity index (χ0) is 16.4. The van der Waals surface area contributed by atoms with Gasteiger partial charge in [0.1, 0.15) is 0 Å². The SMILES string of the molecule is COc1cccc(CN[C@@H]2CC(=O)N(C)[C@H]2c2ccnn2C)n1. The van der Waals surface area contributed by atoms with Gasteiger partial charge in [-0.3, -0.25) is 9.48 Å². The molecule has 1 N–H and O–H groups in total. The van der Waals surface area contributed by atoms with E-state index in [-0.39, 0.29) is 18.0 Å². The average molecular weight is 315 g/mol. The zero-order valence-corrected chi connectivity index (χ0v) is 13.6. The second kappa shape index (κ2) is 6.37. The maximum atomic E-state index is 12.1. The van der Waals surface area contributed by atoms with Crippen LogP contribution in [0.15, 0.2) is 30.5 Å². The summed E-state index contributed by atoms with van der Waals surface area (Å²) in [6.45, 7) is 0.581. The van der Waals surface area contributed by atoms with Crippen LogP contribution in [-0.4, -0.2) is 45.8 Å². The van der Waals surface area contributed by atoms with Crippen LogP contribution in [0.1, 0.15) is 23.9 Å². The number of methoxy groups -OCH3 is 1. The van der Waals surface area contributed by atoms with E-state index in [1.54, 1.807) is 18.2 Å². The predicted molar refractivity (Wildman–Crippen MR) is 84.8 cm³/mol. The minimum Gasteiger partial charge on any atom is -0.481 e. The summed E-state index contributed by atoms with van der Waals surface area (Å²) < 4.78 is 6.96. The fourth-order valence-electron chi connectivity index (χ4n) is 3.04. The molecule has 1 fully saturated rings. The summed E-state index contributed by atoms with van der Waals surface area (Å²) in [7, 11) is 5.33. The Morgan fingerprint density at radius 1 is 1.35 bits per heavy atom. The summed E-state index contributed by atoms with van der Waals surface area (Å²) in [5.41, 5.74) is 1.91. The van der Waals surface area contributed by atoms with Gasteiger partial charge < -0.3 is 15.0 Å². The molecule has 0 radical (unpaired) electrons.